The zero-order valence-corrected chi connectivity index (χ0v) is 7.61. The molecule has 0 bridgehead atoms. The standard InChI is InChI=1S/C11H15NO/c12-8-10(13)11(6-7-11)9-4-2-1-3-5-9/h1-5,10,13H,6-8,12H2/t10-/m1/s1. The van der Waals surface area contributed by atoms with E-state index in [-0.39, 0.29) is 11.5 Å². The van der Waals surface area contributed by atoms with E-state index < -0.39 is 0 Å². The smallest absolute Gasteiger partial charge is 0.0758 e. The molecule has 3 N–H and O–H groups in total. The van der Waals surface area contributed by atoms with Crippen LogP contribution in [0.25, 0.3) is 0 Å². The summed E-state index contributed by atoms with van der Waals surface area (Å²) in [6.45, 7) is 0.356. The molecule has 2 rings (SSSR count). The highest BCUT2D eigenvalue weighted by molar-refractivity contribution is 5.33. The summed E-state index contributed by atoms with van der Waals surface area (Å²) in [5.74, 6) is 0. The number of rotatable bonds is 3. The average molecular weight is 177 g/mol. The van der Waals surface area contributed by atoms with Crippen molar-refractivity contribution in [3.8, 4) is 0 Å². The Bertz CT molecular complexity index is 279. The van der Waals surface area contributed by atoms with Crippen LogP contribution in [0.15, 0.2) is 30.3 Å². The minimum absolute atomic E-state index is 0.0178. The Morgan fingerprint density at radius 2 is 1.92 bits per heavy atom. The molecule has 0 heterocycles. The van der Waals surface area contributed by atoms with E-state index in [0.29, 0.717) is 6.54 Å². The molecule has 13 heavy (non-hydrogen) atoms. The summed E-state index contributed by atoms with van der Waals surface area (Å²) in [5.41, 5.74) is 6.70. The van der Waals surface area contributed by atoms with Crippen LogP contribution in [0.2, 0.25) is 0 Å². The van der Waals surface area contributed by atoms with Gasteiger partial charge in [0.2, 0.25) is 0 Å². The second kappa shape index (κ2) is 3.13. The predicted octanol–water partition coefficient (Wildman–Crippen LogP) is 1.04. The Morgan fingerprint density at radius 3 is 2.38 bits per heavy atom. The van der Waals surface area contributed by atoms with Gasteiger partial charge in [0.1, 0.15) is 0 Å². The van der Waals surface area contributed by atoms with Gasteiger partial charge in [-0.3, -0.25) is 0 Å². The zero-order chi connectivity index (χ0) is 9.31. The van der Waals surface area contributed by atoms with Gasteiger partial charge < -0.3 is 10.8 Å². The van der Waals surface area contributed by atoms with Gasteiger partial charge in [-0.05, 0) is 18.4 Å². The Morgan fingerprint density at radius 1 is 1.31 bits per heavy atom. The second-order valence-corrected chi connectivity index (χ2v) is 3.77. The topological polar surface area (TPSA) is 46.2 Å². The fourth-order valence-corrected chi connectivity index (χ4v) is 1.94. The maximum absolute atomic E-state index is 9.78. The molecule has 1 aliphatic carbocycles. The molecule has 0 saturated heterocycles. The first-order chi connectivity index (χ1) is 6.29. The molecule has 0 amide bonds. The summed E-state index contributed by atoms with van der Waals surface area (Å²) < 4.78 is 0. The first kappa shape index (κ1) is 8.73. The zero-order valence-electron chi connectivity index (χ0n) is 7.61. The lowest BCUT2D eigenvalue weighted by Gasteiger charge is -2.21. The van der Waals surface area contributed by atoms with Crippen molar-refractivity contribution in [3.05, 3.63) is 35.9 Å². The number of nitrogens with two attached hydrogens (primary N) is 1. The lowest BCUT2D eigenvalue weighted by atomic mass is 9.90. The van der Waals surface area contributed by atoms with Gasteiger partial charge in [-0.25, -0.2) is 0 Å². The van der Waals surface area contributed by atoms with Crippen molar-refractivity contribution >= 4 is 0 Å². The Hall–Kier alpha value is -0.860. The van der Waals surface area contributed by atoms with Crippen LogP contribution in [-0.2, 0) is 5.41 Å². The fourth-order valence-electron chi connectivity index (χ4n) is 1.94. The van der Waals surface area contributed by atoms with Gasteiger partial charge in [-0.1, -0.05) is 30.3 Å². The van der Waals surface area contributed by atoms with E-state index in [4.69, 9.17) is 5.73 Å². The van der Waals surface area contributed by atoms with Gasteiger partial charge in [0.25, 0.3) is 0 Å². The van der Waals surface area contributed by atoms with Gasteiger partial charge >= 0.3 is 0 Å². The summed E-state index contributed by atoms with van der Waals surface area (Å²) >= 11 is 0. The van der Waals surface area contributed by atoms with Crippen molar-refractivity contribution in [2.24, 2.45) is 5.73 Å². The van der Waals surface area contributed by atoms with E-state index in [0.717, 1.165) is 12.8 Å². The predicted molar refractivity (Wildman–Crippen MR) is 52.4 cm³/mol. The summed E-state index contributed by atoms with van der Waals surface area (Å²) in [6, 6.07) is 10.2. The van der Waals surface area contributed by atoms with Crippen LogP contribution in [0.3, 0.4) is 0 Å². The molecule has 1 saturated carbocycles. The van der Waals surface area contributed by atoms with Crippen molar-refractivity contribution in [1.29, 1.82) is 0 Å². The highest BCUT2D eigenvalue weighted by Crippen LogP contribution is 2.50. The van der Waals surface area contributed by atoms with Crippen LogP contribution in [-0.4, -0.2) is 17.8 Å². The van der Waals surface area contributed by atoms with Crippen LogP contribution >= 0.6 is 0 Å². The van der Waals surface area contributed by atoms with Crippen LogP contribution in [0, 0.1) is 0 Å². The second-order valence-electron chi connectivity index (χ2n) is 3.77. The molecular weight excluding hydrogens is 162 g/mol. The molecule has 1 fully saturated rings. The average Bonchev–Trinajstić information content (AvgIpc) is 2.99. The summed E-state index contributed by atoms with van der Waals surface area (Å²) in [4.78, 5) is 0. The van der Waals surface area contributed by atoms with E-state index in [1.807, 2.05) is 18.2 Å². The van der Waals surface area contributed by atoms with Gasteiger partial charge in [-0.15, -0.1) is 0 Å². The van der Waals surface area contributed by atoms with Crippen molar-refractivity contribution in [3.63, 3.8) is 0 Å². The largest absolute Gasteiger partial charge is 0.391 e. The quantitative estimate of drug-likeness (QED) is 0.724. The van der Waals surface area contributed by atoms with E-state index in [2.05, 4.69) is 12.1 Å². The number of aliphatic hydroxyl groups excluding tert-OH is 1. The fraction of sp³-hybridized carbons (Fsp3) is 0.455. The Labute approximate surface area is 78.4 Å². The molecule has 0 spiro atoms. The maximum atomic E-state index is 9.78. The molecule has 2 nitrogen and oxygen atoms in total. The molecule has 1 aromatic rings. The van der Waals surface area contributed by atoms with Crippen molar-refractivity contribution in [2.75, 3.05) is 6.54 Å². The number of hydrogen-bond donors (Lipinski definition) is 2. The monoisotopic (exact) mass is 177 g/mol. The van der Waals surface area contributed by atoms with Crippen molar-refractivity contribution in [1.82, 2.24) is 0 Å². The molecule has 0 unspecified atom stereocenters. The van der Waals surface area contributed by atoms with Crippen molar-refractivity contribution in [2.45, 2.75) is 24.4 Å². The Balaban J connectivity index is 2.26. The molecule has 1 aromatic carbocycles. The molecule has 1 atom stereocenters. The van der Waals surface area contributed by atoms with Crippen molar-refractivity contribution < 1.29 is 5.11 Å². The Kier molecular flexibility index (Phi) is 2.10. The molecule has 70 valence electrons. The maximum Gasteiger partial charge on any atom is 0.0758 e. The minimum Gasteiger partial charge on any atom is -0.391 e. The minimum atomic E-state index is -0.380. The number of aliphatic hydroxyl groups is 1. The summed E-state index contributed by atoms with van der Waals surface area (Å²) in [7, 11) is 0. The first-order valence-corrected chi connectivity index (χ1v) is 4.73. The highest BCUT2D eigenvalue weighted by atomic mass is 16.3. The third kappa shape index (κ3) is 1.36. The van der Waals surface area contributed by atoms with E-state index in [1.165, 1.54) is 5.56 Å². The molecular formula is C11H15NO. The van der Waals surface area contributed by atoms with Crippen LogP contribution in [0.1, 0.15) is 18.4 Å². The van der Waals surface area contributed by atoms with Gasteiger partial charge in [0, 0.05) is 12.0 Å². The SMILES string of the molecule is NC[C@@H](O)C1(c2ccccc2)CC1. The summed E-state index contributed by atoms with van der Waals surface area (Å²) in [6.07, 6.45) is 1.75. The number of benzene rings is 1. The lowest BCUT2D eigenvalue weighted by molar-refractivity contribution is 0.139. The van der Waals surface area contributed by atoms with Gasteiger partial charge in [0.15, 0.2) is 0 Å². The lowest BCUT2D eigenvalue weighted by Crippen LogP contribution is -2.33. The van der Waals surface area contributed by atoms with Crippen LogP contribution in [0.4, 0.5) is 0 Å². The van der Waals surface area contributed by atoms with Gasteiger partial charge in [0.05, 0.1) is 6.10 Å². The van der Waals surface area contributed by atoms with E-state index >= 15 is 0 Å². The van der Waals surface area contributed by atoms with Gasteiger partial charge in [-0.2, -0.15) is 0 Å². The van der Waals surface area contributed by atoms with E-state index in [1.54, 1.807) is 0 Å². The number of hydrogen-bond acceptors (Lipinski definition) is 2. The summed E-state index contributed by atoms with van der Waals surface area (Å²) in [5, 5.41) is 9.78. The third-order valence-electron chi connectivity index (χ3n) is 3.00. The highest BCUT2D eigenvalue weighted by Gasteiger charge is 2.49. The third-order valence-corrected chi connectivity index (χ3v) is 3.00. The first-order valence-electron chi connectivity index (χ1n) is 4.73. The molecule has 2 heteroatoms. The molecule has 1 aliphatic rings. The molecule has 0 aromatic heterocycles. The normalized spacial score (nSPS) is 21.1. The van der Waals surface area contributed by atoms with Crippen LogP contribution < -0.4 is 5.73 Å². The van der Waals surface area contributed by atoms with E-state index in [9.17, 15) is 5.11 Å². The van der Waals surface area contributed by atoms with Crippen LogP contribution in [0.5, 0.6) is 0 Å². The molecule has 0 aliphatic heterocycles. The molecule has 0 radical (unpaired) electrons.